The minimum absolute atomic E-state index is 0.0391. The summed E-state index contributed by atoms with van der Waals surface area (Å²) in [6.07, 6.45) is 2.41. The lowest BCUT2D eigenvalue weighted by Crippen LogP contribution is -2.50. The molecule has 3 amide bonds. The average molecular weight is 776 g/mol. The Morgan fingerprint density at radius 2 is 1.54 bits per heavy atom. The molecular weight excluding hydrogens is 715 g/mol. The van der Waals surface area contributed by atoms with Gasteiger partial charge in [-0.25, -0.2) is 9.48 Å². The summed E-state index contributed by atoms with van der Waals surface area (Å²) in [4.78, 5) is 53.8. The number of Topliss-reactive ketones (excluding diaryl/α,β-unsaturated/α-hetero) is 1. The number of carbonyl (C=O) groups is 4. The van der Waals surface area contributed by atoms with Crippen molar-refractivity contribution in [2.24, 2.45) is 5.41 Å². The van der Waals surface area contributed by atoms with Gasteiger partial charge in [-0.15, -0.1) is 5.10 Å². The van der Waals surface area contributed by atoms with Gasteiger partial charge in [0.05, 0.1) is 43.7 Å². The van der Waals surface area contributed by atoms with Crippen molar-refractivity contribution >= 4 is 29.4 Å². The standard InChI is InChI=1S/C42H61N7O7/c1-41(2,3)39(52)33(45-42(4,5)6)18-12-13-22-44-40(53)56-26-24-49-38-31-16-9-8-15-30(31)29-48(34-19-11-10-17-32(34)37(38)46-47-49)36(51)21-20-35(50)43-23-14-25-55-28-27-54-7/h8-11,15-17,19,33,45H,12-14,18,20-29H2,1-7H3,(H,43,50)(H,44,53). The molecule has 1 unspecified atom stereocenters. The van der Waals surface area contributed by atoms with Crippen molar-refractivity contribution in [3.05, 3.63) is 54.1 Å². The number of ketones is 1. The van der Waals surface area contributed by atoms with Gasteiger partial charge >= 0.3 is 6.09 Å². The van der Waals surface area contributed by atoms with Crippen LogP contribution < -0.4 is 20.9 Å². The first-order valence-electron chi connectivity index (χ1n) is 19.7. The second-order valence-electron chi connectivity index (χ2n) is 16.1. The van der Waals surface area contributed by atoms with Gasteiger partial charge in [0.2, 0.25) is 11.8 Å². The van der Waals surface area contributed by atoms with Crippen molar-refractivity contribution in [3.63, 3.8) is 0 Å². The third-order valence-corrected chi connectivity index (χ3v) is 9.26. The highest BCUT2D eigenvalue weighted by Gasteiger charge is 2.32. The number of unbranched alkanes of at least 4 members (excludes halogenated alkanes) is 1. The van der Waals surface area contributed by atoms with Crippen molar-refractivity contribution in [1.29, 1.82) is 0 Å². The number of amides is 3. The highest BCUT2D eigenvalue weighted by Crippen LogP contribution is 2.41. The van der Waals surface area contributed by atoms with Crippen LogP contribution in [0.2, 0.25) is 0 Å². The number of hydrogen-bond donors (Lipinski definition) is 3. The Balaban J connectivity index is 1.35. The number of alkyl carbamates (subject to hydrolysis) is 1. The van der Waals surface area contributed by atoms with Crippen molar-refractivity contribution in [2.75, 3.05) is 51.5 Å². The largest absolute Gasteiger partial charge is 0.448 e. The van der Waals surface area contributed by atoms with E-state index in [0.717, 1.165) is 28.8 Å². The Labute approximate surface area is 331 Å². The lowest BCUT2D eigenvalue weighted by Gasteiger charge is -2.31. The maximum absolute atomic E-state index is 13.8. The molecule has 3 aromatic rings. The van der Waals surface area contributed by atoms with Crippen LogP contribution in [0, 0.1) is 5.41 Å². The van der Waals surface area contributed by atoms with E-state index in [-0.39, 0.29) is 61.7 Å². The molecule has 1 aliphatic heterocycles. The molecule has 0 aliphatic carbocycles. The molecule has 306 valence electrons. The SMILES string of the molecule is COCCOCCCNC(=O)CCC(=O)N1Cc2ccccc2-c2c(nnn2CCOC(=O)NCCCCC(NC(C)(C)C)C(=O)C(C)(C)C)-c2ccccc21. The van der Waals surface area contributed by atoms with Crippen molar-refractivity contribution in [1.82, 2.24) is 30.9 Å². The van der Waals surface area contributed by atoms with E-state index in [1.807, 2.05) is 69.3 Å². The first-order valence-corrected chi connectivity index (χ1v) is 19.7. The number of fused-ring (bicyclic) bond motifs is 5. The van der Waals surface area contributed by atoms with Gasteiger partial charge in [-0.2, -0.15) is 0 Å². The Bertz CT molecular complexity index is 1760. The monoisotopic (exact) mass is 775 g/mol. The normalized spacial score (nSPS) is 13.1. The summed E-state index contributed by atoms with van der Waals surface area (Å²) >= 11 is 0. The summed E-state index contributed by atoms with van der Waals surface area (Å²) in [5.41, 5.74) is 3.88. The van der Waals surface area contributed by atoms with Crippen LogP contribution in [0.1, 0.15) is 85.6 Å². The van der Waals surface area contributed by atoms with Gasteiger partial charge in [0.25, 0.3) is 0 Å². The zero-order chi connectivity index (χ0) is 40.7. The maximum Gasteiger partial charge on any atom is 0.407 e. The molecule has 2 aromatic carbocycles. The van der Waals surface area contributed by atoms with Crippen LogP contribution in [0.25, 0.3) is 22.5 Å². The summed E-state index contributed by atoms with van der Waals surface area (Å²) in [6, 6.07) is 15.1. The van der Waals surface area contributed by atoms with Gasteiger partial charge in [-0.3, -0.25) is 14.4 Å². The van der Waals surface area contributed by atoms with Crippen LogP contribution in [-0.2, 0) is 41.7 Å². The number of aromatic nitrogens is 3. The maximum atomic E-state index is 13.8. The summed E-state index contributed by atoms with van der Waals surface area (Å²) in [5, 5.41) is 18.2. The Morgan fingerprint density at radius 3 is 2.27 bits per heavy atom. The summed E-state index contributed by atoms with van der Waals surface area (Å²) in [7, 11) is 1.62. The fourth-order valence-corrected chi connectivity index (χ4v) is 6.54. The Hall–Kier alpha value is -4.66. The van der Waals surface area contributed by atoms with Crippen molar-refractivity contribution in [2.45, 2.75) is 105 Å². The first kappa shape index (κ1) is 44.1. The van der Waals surface area contributed by atoms with Gasteiger partial charge in [-0.1, -0.05) is 68.4 Å². The number of para-hydroxylation sites is 1. The van der Waals surface area contributed by atoms with Gasteiger partial charge in [0.15, 0.2) is 5.78 Å². The summed E-state index contributed by atoms with van der Waals surface area (Å²) < 4.78 is 17.7. The molecule has 0 bridgehead atoms. The molecule has 1 atom stereocenters. The quantitative estimate of drug-likeness (QED) is 0.122. The Morgan fingerprint density at radius 1 is 0.821 bits per heavy atom. The average Bonchev–Trinajstić information content (AvgIpc) is 3.56. The highest BCUT2D eigenvalue weighted by molar-refractivity contribution is 6.01. The van der Waals surface area contributed by atoms with Crippen LogP contribution in [0.4, 0.5) is 10.5 Å². The van der Waals surface area contributed by atoms with E-state index < -0.39 is 11.5 Å². The molecule has 2 heterocycles. The van der Waals surface area contributed by atoms with Crippen molar-refractivity contribution < 1.29 is 33.4 Å². The molecule has 3 N–H and O–H groups in total. The van der Waals surface area contributed by atoms with Crippen LogP contribution in [0.15, 0.2) is 48.5 Å². The predicted molar refractivity (Wildman–Crippen MR) is 216 cm³/mol. The molecule has 1 aromatic heterocycles. The number of methoxy groups -OCH3 is 1. The van der Waals surface area contributed by atoms with E-state index in [9.17, 15) is 19.2 Å². The molecule has 0 spiro atoms. The van der Waals surface area contributed by atoms with E-state index in [2.05, 4.69) is 47.0 Å². The molecule has 14 heteroatoms. The van der Waals surface area contributed by atoms with Crippen LogP contribution in [-0.4, -0.2) is 96.9 Å². The minimum atomic E-state index is -0.524. The van der Waals surface area contributed by atoms with E-state index >= 15 is 0 Å². The van der Waals surface area contributed by atoms with E-state index in [1.54, 1.807) is 16.7 Å². The lowest BCUT2D eigenvalue weighted by molar-refractivity contribution is -0.129. The second-order valence-corrected chi connectivity index (χ2v) is 16.1. The van der Waals surface area contributed by atoms with Gasteiger partial charge < -0.3 is 35.1 Å². The zero-order valence-corrected chi connectivity index (χ0v) is 34.2. The molecule has 0 radical (unpaired) electrons. The van der Waals surface area contributed by atoms with Gasteiger partial charge in [0.1, 0.15) is 12.3 Å². The minimum Gasteiger partial charge on any atom is -0.448 e. The third-order valence-electron chi connectivity index (χ3n) is 9.26. The van der Waals surface area contributed by atoms with E-state index in [4.69, 9.17) is 14.2 Å². The summed E-state index contributed by atoms with van der Waals surface area (Å²) in [6.45, 7) is 15.0. The molecular formula is C42H61N7O7. The molecule has 0 saturated carbocycles. The smallest absolute Gasteiger partial charge is 0.407 e. The molecule has 0 fully saturated rings. The van der Waals surface area contributed by atoms with E-state index in [0.29, 0.717) is 63.6 Å². The van der Waals surface area contributed by atoms with Crippen LogP contribution in [0.5, 0.6) is 0 Å². The third kappa shape index (κ3) is 13.2. The van der Waals surface area contributed by atoms with Gasteiger partial charge in [-0.05, 0) is 58.1 Å². The number of benzene rings is 2. The fourth-order valence-electron chi connectivity index (χ4n) is 6.54. The topological polar surface area (TPSA) is 166 Å². The van der Waals surface area contributed by atoms with Gasteiger partial charge in [0, 0.05) is 61.7 Å². The number of nitrogens with one attached hydrogen (secondary N) is 3. The summed E-state index contributed by atoms with van der Waals surface area (Å²) in [5.74, 6) is -0.188. The Kier molecular flexibility index (Phi) is 16.5. The second kappa shape index (κ2) is 21.0. The number of ether oxygens (including phenoxy) is 3. The molecule has 56 heavy (non-hydrogen) atoms. The van der Waals surface area contributed by atoms with Crippen LogP contribution >= 0.6 is 0 Å². The molecule has 0 saturated heterocycles. The molecule has 14 nitrogen and oxygen atoms in total. The van der Waals surface area contributed by atoms with Crippen LogP contribution in [0.3, 0.4) is 0 Å². The zero-order valence-electron chi connectivity index (χ0n) is 34.2. The van der Waals surface area contributed by atoms with Crippen molar-refractivity contribution in [3.8, 4) is 22.5 Å². The molecule has 4 rings (SSSR count). The first-order chi connectivity index (χ1) is 26.7. The van der Waals surface area contributed by atoms with E-state index in [1.165, 1.54) is 0 Å². The number of rotatable bonds is 20. The number of anilines is 1. The lowest BCUT2D eigenvalue weighted by atomic mass is 9.84. The highest BCUT2D eigenvalue weighted by atomic mass is 16.5. The fraction of sp³-hybridized carbons (Fsp3) is 0.571. The number of nitrogens with zero attached hydrogens (tertiary/aromatic N) is 4. The molecule has 1 aliphatic rings. The number of hydrogen-bond acceptors (Lipinski definition) is 10. The predicted octanol–water partition coefficient (Wildman–Crippen LogP) is 5.68. The number of carbonyl (C=O) groups excluding carboxylic acids is 4.